The summed E-state index contributed by atoms with van der Waals surface area (Å²) >= 11 is 0. The Morgan fingerprint density at radius 3 is 1.56 bits per heavy atom. The van der Waals surface area contributed by atoms with Gasteiger partial charge in [0, 0.05) is 16.5 Å². The molecule has 0 aliphatic carbocycles. The van der Waals surface area contributed by atoms with Crippen molar-refractivity contribution in [1.29, 1.82) is 0 Å². The van der Waals surface area contributed by atoms with E-state index in [-0.39, 0.29) is 0 Å². The van der Waals surface area contributed by atoms with Crippen LogP contribution in [0.3, 0.4) is 0 Å². The summed E-state index contributed by atoms with van der Waals surface area (Å²) in [5.74, 6) is 0. The van der Waals surface area contributed by atoms with Crippen molar-refractivity contribution in [1.82, 2.24) is 4.57 Å². The number of hydrogen-bond acceptors (Lipinski definition) is 0. The van der Waals surface area contributed by atoms with Crippen LogP contribution in [0.5, 0.6) is 0 Å². The second kappa shape index (κ2) is 10.4. The topological polar surface area (TPSA) is 4.93 Å². The van der Waals surface area contributed by atoms with Crippen LogP contribution in [0.15, 0.2) is 176 Å². The zero-order chi connectivity index (χ0) is 29.7. The van der Waals surface area contributed by atoms with Gasteiger partial charge in [-0.25, -0.2) is 0 Å². The smallest absolute Gasteiger partial charge is 0.0547 e. The fraction of sp³-hybridized carbons (Fsp3) is 0. The third-order valence-electron chi connectivity index (χ3n) is 9.21. The SMILES string of the molecule is c1ccc(-c2ccc(-n3c4ccccc4c4c5cc(-c6ccc(-c7ccccc7)c7ccccc67)ccc5ccc43)cc2)cc1. The summed E-state index contributed by atoms with van der Waals surface area (Å²) in [4.78, 5) is 0. The van der Waals surface area contributed by atoms with Crippen molar-refractivity contribution in [3.05, 3.63) is 176 Å². The highest BCUT2D eigenvalue weighted by Gasteiger charge is 2.16. The molecule has 210 valence electrons. The molecule has 0 aliphatic rings. The number of aromatic nitrogens is 1. The molecule has 1 heterocycles. The van der Waals surface area contributed by atoms with Crippen LogP contribution in [0.1, 0.15) is 0 Å². The van der Waals surface area contributed by atoms with Crippen molar-refractivity contribution in [2.45, 2.75) is 0 Å². The maximum absolute atomic E-state index is 2.41. The van der Waals surface area contributed by atoms with Crippen molar-refractivity contribution in [3.63, 3.8) is 0 Å². The highest BCUT2D eigenvalue weighted by molar-refractivity contribution is 6.22. The van der Waals surface area contributed by atoms with Crippen LogP contribution in [-0.2, 0) is 0 Å². The van der Waals surface area contributed by atoms with Crippen molar-refractivity contribution in [2.24, 2.45) is 0 Å². The number of hydrogen-bond donors (Lipinski definition) is 0. The normalized spacial score (nSPS) is 11.6. The van der Waals surface area contributed by atoms with E-state index in [4.69, 9.17) is 0 Å². The van der Waals surface area contributed by atoms with Crippen molar-refractivity contribution in [3.8, 4) is 39.1 Å². The minimum absolute atomic E-state index is 1.17. The molecule has 0 bridgehead atoms. The van der Waals surface area contributed by atoms with Crippen LogP contribution in [0.4, 0.5) is 0 Å². The van der Waals surface area contributed by atoms with Crippen LogP contribution in [-0.4, -0.2) is 4.57 Å². The molecule has 9 rings (SSSR count). The molecule has 0 fully saturated rings. The second-order valence-corrected chi connectivity index (χ2v) is 11.7. The Kier molecular flexibility index (Phi) is 5.89. The van der Waals surface area contributed by atoms with Gasteiger partial charge in [-0.15, -0.1) is 0 Å². The molecule has 0 saturated heterocycles. The Morgan fingerprint density at radius 2 is 0.844 bits per heavy atom. The highest BCUT2D eigenvalue weighted by Crippen LogP contribution is 2.41. The number of rotatable bonds is 4. The summed E-state index contributed by atoms with van der Waals surface area (Å²) in [6.45, 7) is 0. The lowest BCUT2D eigenvalue weighted by Crippen LogP contribution is -1.93. The fourth-order valence-corrected chi connectivity index (χ4v) is 7.09. The Hall–Kier alpha value is -5.92. The average molecular weight is 572 g/mol. The van der Waals surface area contributed by atoms with E-state index in [1.54, 1.807) is 0 Å². The van der Waals surface area contributed by atoms with Crippen LogP contribution in [0.2, 0.25) is 0 Å². The molecular weight excluding hydrogens is 542 g/mol. The van der Waals surface area contributed by atoms with Crippen molar-refractivity contribution >= 4 is 43.4 Å². The first-order valence-electron chi connectivity index (χ1n) is 15.5. The minimum Gasteiger partial charge on any atom is -0.309 e. The third kappa shape index (κ3) is 4.17. The zero-order valence-corrected chi connectivity index (χ0v) is 24.7. The lowest BCUT2D eigenvalue weighted by atomic mass is 9.91. The van der Waals surface area contributed by atoms with E-state index in [2.05, 4.69) is 180 Å². The molecule has 0 unspecified atom stereocenters. The summed E-state index contributed by atoms with van der Waals surface area (Å²) in [5.41, 5.74) is 11.0. The molecular formula is C44H29N. The van der Waals surface area contributed by atoms with Crippen molar-refractivity contribution in [2.75, 3.05) is 0 Å². The van der Waals surface area contributed by atoms with Crippen LogP contribution in [0.25, 0.3) is 82.4 Å². The van der Waals surface area contributed by atoms with Crippen LogP contribution in [0, 0.1) is 0 Å². The van der Waals surface area contributed by atoms with E-state index < -0.39 is 0 Å². The third-order valence-corrected chi connectivity index (χ3v) is 9.21. The summed E-state index contributed by atoms with van der Waals surface area (Å²) in [6, 6.07) is 63.9. The molecule has 0 N–H and O–H groups in total. The molecule has 1 aromatic heterocycles. The molecule has 0 atom stereocenters. The van der Waals surface area contributed by atoms with Crippen LogP contribution < -0.4 is 0 Å². The maximum atomic E-state index is 2.41. The Bertz CT molecular complexity index is 2500. The first kappa shape index (κ1) is 25.6. The number of nitrogens with zero attached hydrogens (tertiary/aromatic N) is 1. The van der Waals surface area contributed by atoms with E-state index in [9.17, 15) is 0 Å². The number of fused-ring (bicyclic) bond motifs is 6. The summed E-state index contributed by atoms with van der Waals surface area (Å²) < 4.78 is 2.41. The molecule has 0 spiro atoms. The predicted octanol–water partition coefficient (Wildman–Crippen LogP) is 12.1. The van der Waals surface area contributed by atoms with Gasteiger partial charge in [0.1, 0.15) is 0 Å². The van der Waals surface area contributed by atoms with Gasteiger partial charge in [-0.05, 0) is 85.3 Å². The van der Waals surface area contributed by atoms with Gasteiger partial charge in [0.15, 0.2) is 0 Å². The van der Waals surface area contributed by atoms with Gasteiger partial charge in [-0.1, -0.05) is 146 Å². The van der Waals surface area contributed by atoms with Gasteiger partial charge in [0.05, 0.1) is 11.0 Å². The first-order valence-corrected chi connectivity index (χ1v) is 15.5. The summed E-state index contributed by atoms with van der Waals surface area (Å²) in [5, 5.41) is 7.63. The molecule has 1 nitrogen and oxygen atoms in total. The molecule has 0 saturated carbocycles. The molecule has 0 amide bonds. The lowest BCUT2D eigenvalue weighted by molar-refractivity contribution is 1.18. The van der Waals surface area contributed by atoms with Gasteiger partial charge in [0.25, 0.3) is 0 Å². The van der Waals surface area contributed by atoms with Crippen molar-refractivity contribution < 1.29 is 0 Å². The number of para-hydroxylation sites is 1. The largest absolute Gasteiger partial charge is 0.309 e. The fourth-order valence-electron chi connectivity index (χ4n) is 7.09. The summed E-state index contributed by atoms with van der Waals surface area (Å²) in [6.07, 6.45) is 0. The molecule has 8 aromatic carbocycles. The van der Waals surface area contributed by atoms with Gasteiger partial charge >= 0.3 is 0 Å². The second-order valence-electron chi connectivity index (χ2n) is 11.7. The van der Waals surface area contributed by atoms with Gasteiger partial charge in [0.2, 0.25) is 0 Å². The minimum atomic E-state index is 1.17. The van der Waals surface area contributed by atoms with E-state index in [0.717, 1.165) is 0 Å². The standard InChI is InChI=1S/C44H29N/c1-3-11-30(12-4-1)31-21-24-35(25-22-31)45-42-18-10-9-17-40(42)44-41-29-34(20-19-33(41)23-28-43(44)45)37-27-26-36(32-13-5-2-6-14-32)38-15-7-8-16-39(37)38/h1-29H. The average Bonchev–Trinajstić information content (AvgIpc) is 3.47. The Balaban J connectivity index is 1.25. The van der Waals surface area contributed by atoms with E-state index >= 15 is 0 Å². The first-order chi connectivity index (χ1) is 22.3. The van der Waals surface area contributed by atoms with Gasteiger partial charge in [-0.2, -0.15) is 0 Å². The highest BCUT2D eigenvalue weighted by atomic mass is 15.0. The quantitative estimate of drug-likeness (QED) is 0.198. The molecule has 0 aliphatic heterocycles. The van der Waals surface area contributed by atoms with Crippen LogP contribution >= 0.6 is 0 Å². The van der Waals surface area contributed by atoms with E-state index in [0.29, 0.717) is 0 Å². The zero-order valence-electron chi connectivity index (χ0n) is 24.7. The monoisotopic (exact) mass is 571 g/mol. The molecule has 9 aromatic rings. The molecule has 1 heteroatoms. The van der Waals surface area contributed by atoms with E-state index in [1.165, 1.54) is 82.4 Å². The Morgan fingerprint density at radius 1 is 0.311 bits per heavy atom. The predicted molar refractivity (Wildman–Crippen MR) is 192 cm³/mol. The maximum Gasteiger partial charge on any atom is 0.0547 e. The number of benzene rings is 8. The Labute approximate surface area is 262 Å². The molecule has 45 heavy (non-hydrogen) atoms. The van der Waals surface area contributed by atoms with E-state index in [1.807, 2.05) is 0 Å². The molecule has 0 radical (unpaired) electrons. The lowest BCUT2D eigenvalue weighted by Gasteiger charge is -2.13. The van der Waals surface area contributed by atoms with Gasteiger partial charge < -0.3 is 4.57 Å². The van der Waals surface area contributed by atoms with Gasteiger partial charge in [-0.3, -0.25) is 0 Å². The summed E-state index contributed by atoms with van der Waals surface area (Å²) in [7, 11) is 0.